The van der Waals surface area contributed by atoms with Crippen LogP contribution in [-0.4, -0.2) is 65.3 Å². The summed E-state index contributed by atoms with van der Waals surface area (Å²) in [5, 5.41) is 4.49. The lowest BCUT2D eigenvalue weighted by Gasteiger charge is -2.48. The van der Waals surface area contributed by atoms with Crippen LogP contribution in [0.3, 0.4) is 0 Å². The van der Waals surface area contributed by atoms with Crippen molar-refractivity contribution in [3.63, 3.8) is 0 Å². The van der Waals surface area contributed by atoms with E-state index in [1.54, 1.807) is 6.07 Å². The van der Waals surface area contributed by atoms with E-state index in [-0.39, 0.29) is 21.5 Å². The van der Waals surface area contributed by atoms with Gasteiger partial charge in [0.25, 0.3) is 0 Å². The van der Waals surface area contributed by atoms with Crippen LogP contribution < -0.4 is 15.0 Å². The Hall–Kier alpha value is -1.22. The minimum absolute atomic E-state index is 0.0915. The number of halogens is 3. The lowest BCUT2D eigenvalue weighted by molar-refractivity contribution is 0.107. The summed E-state index contributed by atoms with van der Waals surface area (Å²) in [6, 6.07) is 2.92. The van der Waals surface area contributed by atoms with Crippen LogP contribution in [0.2, 0.25) is 5.02 Å². The van der Waals surface area contributed by atoms with Crippen LogP contribution in [0.25, 0.3) is 10.9 Å². The van der Waals surface area contributed by atoms with Crippen molar-refractivity contribution in [2.45, 2.75) is 49.7 Å². The Morgan fingerprint density at radius 2 is 1.93 bits per heavy atom. The van der Waals surface area contributed by atoms with Crippen LogP contribution in [0, 0.1) is 5.82 Å². The molecule has 5 fully saturated rings. The predicted molar refractivity (Wildman–Crippen MR) is 118 cm³/mol. The fourth-order valence-corrected chi connectivity index (χ4v) is 6.28. The molecule has 30 heavy (non-hydrogen) atoms. The van der Waals surface area contributed by atoms with Gasteiger partial charge in [0, 0.05) is 30.6 Å². The SMILES string of the molecule is Fc1c(Br)c(Cl)cc2c(N3CC4CC(C3)N4)nc(OCC34CCCN3CCC4)nc12. The second-order valence-corrected chi connectivity index (χ2v) is 10.3. The molecule has 2 bridgehead atoms. The van der Waals surface area contributed by atoms with Gasteiger partial charge in [-0.05, 0) is 67.2 Å². The van der Waals surface area contributed by atoms with Crippen LogP contribution in [0.1, 0.15) is 32.1 Å². The molecule has 5 aliphatic heterocycles. The van der Waals surface area contributed by atoms with E-state index in [0.29, 0.717) is 34.9 Å². The Bertz CT molecular complexity index is 997. The van der Waals surface area contributed by atoms with Gasteiger partial charge in [-0.3, -0.25) is 4.90 Å². The van der Waals surface area contributed by atoms with E-state index in [0.717, 1.165) is 39.0 Å². The van der Waals surface area contributed by atoms with E-state index in [9.17, 15) is 0 Å². The van der Waals surface area contributed by atoms with Gasteiger partial charge in [-0.2, -0.15) is 9.97 Å². The summed E-state index contributed by atoms with van der Waals surface area (Å²) < 4.78 is 21.5. The molecule has 7 rings (SSSR count). The zero-order chi connectivity index (χ0) is 20.5. The van der Waals surface area contributed by atoms with Crippen molar-refractivity contribution >= 4 is 44.3 Å². The van der Waals surface area contributed by atoms with Gasteiger partial charge >= 0.3 is 6.01 Å². The number of piperidine rings is 1. The molecule has 0 radical (unpaired) electrons. The first-order chi connectivity index (χ1) is 14.5. The highest BCUT2D eigenvalue weighted by Gasteiger charge is 2.45. The van der Waals surface area contributed by atoms with Crippen molar-refractivity contribution < 1.29 is 9.13 Å². The molecule has 0 aliphatic carbocycles. The molecule has 9 heteroatoms. The van der Waals surface area contributed by atoms with E-state index in [1.165, 1.54) is 19.3 Å². The quantitative estimate of drug-likeness (QED) is 0.651. The fourth-order valence-electron chi connectivity index (χ4n) is 5.79. The van der Waals surface area contributed by atoms with Crippen molar-refractivity contribution in [2.24, 2.45) is 0 Å². The summed E-state index contributed by atoms with van der Waals surface area (Å²) in [5.41, 5.74) is 0.347. The molecule has 5 saturated heterocycles. The average Bonchev–Trinajstić information content (AvgIpc) is 3.30. The van der Waals surface area contributed by atoms with Crippen LogP contribution in [0.4, 0.5) is 10.2 Å². The topological polar surface area (TPSA) is 53.5 Å². The fraction of sp³-hybridized carbons (Fsp3) is 0.619. The first-order valence-electron chi connectivity index (χ1n) is 10.8. The van der Waals surface area contributed by atoms with Crippen molar-refractivity contribution in [3.05, 3.63) is 21.4 Å². The highest BCUT2D eigenvalue weighted by molar-refractivity contribution is 9.10. The average molecular weight is 497 g/mol. The number of anilines is 1. The molecule has 1 aromatic carbocycles. The van der Waals surface area contributed by atoms with Gasteiger partial charge < -0.3 is 15.0 Å². The zero-order valence-corrected chi connectivity index (χ0v) is 19.0. The third-order valence-electron chi connectivity index (χ3n) is 7.29. The smallest absolute Gasteiger partial charge is 0.319 e. The van der Waals surface area contributed by atoms with Crippen molar-refractivity contribution in [1.82, 2.24) is 20.2 Å². The van der Waals surface area contributed by atoms with Crippen LogP contribution in [0.15, 0.2) is 10.5 Å². The molecule has 160 valence electrons. The number of aromatic nitrogens is 2. The van der Waals surface area contributed by atoms with Crippen molar-refractivity contribution in [1.29, 1.82) is 0 Å². The molecule has 0 saturated carbocycles. The third-order valence-corrected chi connectivity index (χ3v) is 8.59. The van der Waals surface area contributed by atoms with E-state index in [4.69, 9.17) is 21.3 Å². The Kier molecular flexibility index (Phi) is 4.64. The number of ether oxygens (including phenoxy) is 1. The van der Waals surface area contributed by atoms with Gasteiger partial charge in [-0.25, -0.2) is 4.39 Å². The minimum Gasteiger partial charge on any atom is -0.461 e. The summed E-state index contributed by atoms with van der Waals surface area (Å²) in [7, 11) is 0. The van der Waals surface area contributed by atoms with Gasteiger partial charge in [0.2, 0.25) is 0 Å². The Morgan fingerprint density at radius 1 is 1.23 bits per heavy atom. The van der Waals surface area contributed by atoms with Crippen LogP contribution in [-0.2, 0) is 0 Å². The monoisotopic (exact) mass is 495 g/mol. The molecule has 2 aromatic rings. The lowest BCUT2D eigenvalue weighted by atomic mass is 9.91. The molecule has 6 nitrogen and oxygen atoms in total. The Labute approximate surface area is 188 Å². The number of fused-ring (bicyclic) bond motifs is 4. The number of hydrogen-bond acceptors (Lipinski definition) is 6. The molecule has 1 aromatic heterocycles. The van der Waals surface area contributed by atoms with Gasteiger partial charge in [-0.15, -0.1) is 0 Å². The van der Waals surface area contributed by atoms with Crippen LogP contribution in [0.5, 0.6) is 6.01 Å². The molecule has 1 N–H and O–H groups in total. The molecular formula is C21H24BrClFN5O. The maximum atomic E-state index is 15.1. The molecule has 2 atom stereocenters. The largest absolute Gasteiger partial charge is 0.461 e. The second kappa shape index (κ2) is 7.15. The summed E-state index contributed by atoms with van der Waals surface area (Å²) in [5.74, 6) is 0.250. The highest BCUT2D eigenvalue weighted by atomic mass is 79.9. The molecule has 2 unspecified atom stereocenters. The number of hydrogen-bond donors (Lipinski definition) is 1. The van der Waals surface area contributed by atoms with Gasteiger partial charge in [0.05, 0.1) is 15.0 Å². The third kappa shape index (κ3) is 3.02. The normalized spacial score (nSPS) is 27.4. The van der Waals surface area contributed by atoms with E-state index >= 15 is 4.39 Å². The minimum atomic E-state index is -0.465. The Morgan fingerprint density at radius 3 is 2.63 bits per heavy atom. The standard InChI is InChI=1S/C21H24BrClFN5O/c22-16-15(23)8-14-18(17(16)24)26-20(27-19(14)28-9-12-7-13(10-28)25-12)30-11-21-3-1-5-29(21)6-2-4-21/h8,12-13,25H,1-7,9-11H2. The molecule has 0 amide bonds. The summed E-state index contributed by atoms with van der Waals surface area (Å²) >= 11 is 9.53. The van der Waals surface area contributed by atoms with Gasteiger partial charge in [0.1, 0.15) is 17.9 Å². The first-order valence-corrected chi connectivity index (χ1v) is 11.9. The first kappa shape index (κ1) is 19.5. The molecule has 0 spiro atoms. The highest BCUT2D eigenvalue weighted by Crippen LogP contribution is 2.40. The van der Waals surface area contributed by atoms with E-state index < -0.39 is 5.82 Å². The molecule has 6 heterocycles. The number of piperazine rings is 1. The lowest BCUT2D eigenvalue weighted by Crippen LogP contribution is -2.67. The van der Waals surface area contributed by atoms with E-state index in [1.807, 2.05) is 0 Å². The maximum absolute atomic E-state index is 15.1. The number of rotatable bonds is 4. The number of nitrogens with one attached hydrogen (secondary N) is 1. The Balaban J connectivity index is 1.38. The summed E-state index contributed by atoms with van der Waals surface area (Å²) in [4.78, 5) is 14.0. The van der Waals surface area contributed by atoms with E-state index in [2.05, 4.69) is 36.0 Å². The molecule has 5 aliphatic rings. The predicted octanol–water partition coefficient (Wildman–Crippen LogP) is 3.74. The zero-order valence-electron chi connectivity index (χ0n) is 16.6. The van der Waals surface area contributed by atoms with Gasteiger partial charge in [-0.1, -0.05) is 11.6 Å². The summed E-state index contributed by atoms with van der Waals surface area (Å²) in [6.45, 7) is 4.51. The van der Waals surface area contributed by atoms with Crippen molar-refractivity contribution in [3.8, 4) is 6.01 Å². The number of benzene rings is 1. The summed E-state index contributed by atoms with van der Waals surface area (Å²) in [6.07, 6.45) is 5.88. The second-order valence-electron chi connectivity index (χ2n) is 9.12. The van der Waals surface area contributed by atoms with Crippen LogP contribution >= 0.6 is 27.5 Å². The molecular weight excluding hydrogens is 473 g/mol. The number of nitrogens with zero attached hydrogens (tertiary/aromatic N) is 4. The van der Waals surface area contributed by atoms with Crippen molar-refractivity contribution in [2.75, 3.05) is 37.7 Å². The van der Waals surface area contributed by atoms with Gasteiger partial charge in [0.15, 0.2) is 5.82 Å². The maximum Gasteiger partial charge on any atom is 0.319 e.